The van der Waals surface area contributed by atoms with E-state index in [1.54, 1.807) is 11.2 Å². The maximum Gasteiger partial charge on any atom is 0.415 e. The predicted molar refractivity (Wildman–Crippen MR) is 88.7 cm³/mol. The summed E-state index contributed by atoms with van der Waals surface area (Å²) in [6.07, 6.45) is 2.97. The minimum Gasteiger partial charge on any atom is -0.410 e. The Kier molecular flexibility index (Phi) is 4.11. The van der Waals surface area contributed by atoms with E-state index in [1.165, 1.54) is 5.56 Å². The molecule has 122 valence electrons. The lowest BCUT2D eigenvalue weighted by molar-refractivity contribution is 0.154. The average molecular weight is 313 g/mol. The first-order valence-electron chi connectivity index (χ1n) is 8.02. The number of aromatic amines is 1. The molecule has 23 heavy (non-hydrogen) atoms. The largest absolute Gasteiger partial charge is 0.415 e. The van der Waals surface area contributed by atoms with E-state index < -0.39 is 0 Å². The lowest BCUT2D eigenvalue weighted by atomic mass is 9.87. The second-order valence-corrected chi connectivity index (χ2v) is 6.96. The molecule has 1 amide bonds. The molecule has 1 aromatic heterocycles. The molecule has 0 saturated heterocycles. The van der Waals surface area contributed by atoms with Crippen molar-refractivity contribution >= 4 is 6.09 Å². The molecule has 1 N–H and O–H groups in total. The Labute approximate surface area is 136 Å². The molecule has 0 spiro atoms. The maximum atomic E-state index is 12.3. The highest BCUT2D eigenvalue weighted by atomic mass is 16.6. The van der Waals surface area contributed by atoms with Crippen LogP contribution in [0.1, 0.15) is 37.7 Å². The van der Waals surface area contributed by atoms with Crippen molar-refractivity contribution in [1.29, 1.82) is 0 Å². The summed E-state index contributed by atoms with van der Waals surface area (Å²) < 4.78 is 5.51. The van der Waals surface area contributed by atoms with Crippen LogP contribution in [-0.4, -0.2) is 34.1 Å². The summed E-state index contributed by atoms with van der Waals surface area (Å²) in [6.45, 7) is 7.76. The normalized spacial score (nSPS) is 15.0. The molecular weight excluding hydrogens is 290 g/mol. The summed E-state index contributed by atoms with van der Waals surface area (Å²) in [4.78, 5) is 21.5. The zero-order chi connectivity index (χ0) is 16.4. The van der Waals surface area contributed by atoms with Gasteiger partial charge in [-0.05, 0) is 23.1 Å². The standard InChI is InChI=1S/C18H23N3O2/c1-18(2,3)13-4-6-14(7-5-13)23-17(22)21-10-8-15-16(9-11-21)20-12-19-15/h4-7,12H,8-11H2,1-3H3,(H,19,20). The predicted octanol–water partition coefficient (Wildman–Crippen LogP) is 3.31. The van der Waals surface area contributed by atoms with E-state index in [0.717, 1.165) is 24.2 Å². The number of carbonyl (C=O) groups excluding carboxylic acids is 1. The molecule has 3 rings (SSSR count). The van der Waals surface area contributed by atoms with Gasteiger partial charge in [0.1, 0.15) is 5.75 Å². The van der Waals surface area contributed by atoms with Crippen LogP contribution in [0.25, 0.3) is 0 Å². The Hall–Kier alpha value is -2.30. The van der Waals surface area contributed by atoms with Crippen molar-refractivity contribution in [2.24, 2.45) is 0 Å². The van der Waals surface area contributed by atoms with Crippen molar-refractivity contribution in [3.05, 3.63) is 47.5 Å². The molecule has 0 fully saturated rings. The third-order valence-corrected chi connectivity index (χ3v) is 4.24. The molecule has 0 unspecified atom stereocenters. The number of hydrogen-bond acceptors (Lipinski definition) is 3. The van der Waals surface area contributed by atoms with Crippen molar-refractivity contribution in [3.63, 3.8) is 0 Å². The van der Waals surface area contributed by atoms with Crippen LogP contribution in [0.3, 0.4) is 0 Å². The van der Waals surface area contributed by atoms with Crippen LogP contribution in [0, 0.1) is 0 Å². The van der Waals surface area contributed by atoms with Crippen molar-refractivity contribution in [1.82, 2.24) is 14.9 Å². The van der Waals surface area contributed by atoms with Gasteiger partial charge in [0.2, 0.25) is 0 Å². The SMILES string of the molecule is CC(C)(C)c1ccc(OC(=O)N2CCc3nc[nH]c3CC2)cc1. The Balaban J connectivity index is 1.62. The number of aromatic nitrogens is 2. The molecule has 1 aromatic carbocycles. The van der Waals surface area contributed by atoms with Gasteiger partial charge < -0.3 is 14.6 Å². The van der Waals surface area contributed by atoms with Crippen molar-refractivity contribution in [2.75, 3.05) is 13.1 Å². The fourth-order valence-electron chi connectivity index (χ4n) is 2.75. The number of H-pyrrole nitrogens is 1. The van der Waals surface area contributed by atoms with Crippen LogP contribution >= 0.6 is 0 Å². The smallest absolute Gasteiger partial charge is 0.410 e. The van der Waals surface area contributed by atoms with E-state index in [4.69, 9.17) is 4.74 Å². The summed E-state index contributed by atoms with van der Waals surface area (Å²) in [6, 6.07) is 7.75. The molecule has 1 aliphatic rings. The number of imidazole rings is 1. The lowest BCUT2D eigenvalue weighted by Crippen LogP contribution is -2.35. The minimum absolute atomic E-state index is 0.0904. The molecule has 2 heterocycles. The highest BCUT2D eigenvalue weighted by Gasteiger charge is 2.21. The number of hydrogen-bond donors (Lipinski definition) is 1. The van der Waals surface area contributed by atoms with E-state index in [2.05, 4.69) is 30.7 Å². The Morgan fingerprint density at radius 3 is 2.57 bits per heavy atom. The zero-order valence-corrected chi connectivity index (χ0v) is 13.9. The summed E-state index contributed by atoms with van der Waals surface area (Å²) in [5.74, 6) is 0.587. The molecule has 0 atom stereocenters. The summed E-state index contributed by atoms with van der Waals surface area (Å²) in [7, 11) is 0. The number of benzene rings is 1. The molecule has 2 aromatic rings. The van der Waals surface area contributed by atoms with E-state index in [9.17, 15) is 4.79 Å². The fraction of sp³-hybridized carbons (Fsp3) is 0.444. The van der Waals surface area contributed by atoms with Crippen LogP contribution in [0.15, 0.2) is 30.6 Å². The minimum atomic E-state index is -0.293. The second-order valence-electron chi connectivity index (χ2n) is 6.96. The van der Waals surface area contributed by atoms with Crippen LogP contribution in [0.5, 0.6) is 5.75 Å². The fourth-order valence-corrected chi connectivity index (χ4v) is 2.75. The first kappa shape index (κ1) is 15.6. The monoisotopic (exact) mass is 313 g/mol. The zero-order valence-electron chi connectivity index (χ0n) is 13.9. The van der Waals surface area contributed by atoms with E-state index in [1.807, 2.05) is 24.3 Å². The topological polar surface area (TPSA) is 58.2 Å². The Morgan fingerprint density at radius 1 is 1.17 bits per heavy atom. The number of amides is 1. The maximum absolute atomic E-state index is 12.3. The van der Waals surface area contributed by atoms with E-state index in [-0.39, 0.29) is 11.5 Å². The van der Waals surface area contributed by atoms with Gasteiger partial charge in [-0.1, -0.05) is 32.9 Å². The highest BCUT2D eigenvalue weighted by molar-refractivity contribution is 5.70. The van der Waals surface area contributed by atoms with Gasteiger partial charge >= 0.3 is 6.09 Å². The Bertz CT molecular complexity index is 661. The number of ether oxygens (including phenoxy) is 1. The van der Waals surface area contributed by atoms with Gasteiger partial charge in [0.15, 0.2) is 0 Å². The number of carbonyl (C=O) groups is 1. The van der Waals surface area contributed by atoms with Gasteiger partial charge in [-0.15, -0.1) is 0 Å². The van der Waals surface area contributed by atoms with Gasteiger partial charge in [0.05, 0.1) is 12.0 Å². The molecule has 5 heteroatoms. The van der Waals surface area contributed by atoms with Crippen molar-refractivity contribution < 1.29 is 9.53 Å². The van der Waals surface area contributed by atoms with Gasteiger partial charge in [-0.2, -0.15) is 0 Å². The van der Waals surface area contributed by atoms with Crippen LogP contribution < -0.4 is 4.74 Å². The van der Waals surface area contributed by atoms with E-state index >= 15 is 0 Å². The van der Waals surface area contributed by atoms with Crippen molar-refractivity contribution in [3.8, 4) is 5.75 Å². The summed E-state index contributed by atoms with van der Waals surface area (Å²) >= 11 is 0. The second kappa shape index (κ2) is 6.07. The average Bonchev–Trinajstić information content (AvgIpc) is 2.85. The van der Waals surface area contributed by atoms with E-state index in [0.29, 0.717) is 18.8 Å². The molecule has 0 radical (unpaired) electrons. The number of nitrogens with one attached hydrogen (secondary N) is 1. The molecule has 0 bridgehead atoms. The quantitative estimate of drug-likeness (QED) is 0.878. The number of rotatable bonds is 1. The summed E-state index contributed by atoms with van der Waals surface area (Å²) in [5.41, 5.74) is 3.48. The molecule has 1 aliphatic heterocycles. The van der Waals surface area contributed by atoms with Crippen LogP contribution in [0.2, 0.25) is 0 Å². The van der Waals surface area contributed by atoms with Crippen LogP contribution in [0.4, 0.5) is 4.79 Å². The first-order chi connectivity index (χ1) is 10.9. The van der Waals surface area contributed by atoms with Crippen molar-refractivity contribution in [2.45, 2.75) is 39.0 Å². The van der Waals surface area contributed by atoms with Crippen LogP contribution in [-0.2, 0) is 18.3 Å². The molecule has 0 saturated carbocycles. The lowest BCUT2D eigenvalue weighted by Gasteiger charge is -2.21. The van der Waals surface area contributed by atoms with Gasteiger partial charge in [-0.25, -0.2) is 9.78 Å². The molecule has 5 nitrogen and oxygen atoms in total. The van der Waals surface area contributed by atoms with Gasteiger partial charge in [0.25, 0.3) is 0 Å². The van der Waals surface area contributed by atoms with Gasteiger partial charge in [0, 0.05) is 31.6 Å². The molecule has 0 aliphatic carbocycles. The highest BCUT2D eigenvalue weighted by Crippen LogP contribution is 2.24. The van der Waals surface area contributed by atoms with Gasteiger partial charge in [-0.3, -0.25) is 0 Å². The Morgan fingerprint density at radius 2 is 1.87 bits per heavy atom. The third-order valence-electron chi connectivity index (χ3n) is 4.24. The third kappa shape index (κ3) is 3.55. The summed E-state index contributed by atoms with van der Waals surface area (Å²) in [5, 5.41) is 0. The molecular formula is C18H23N3O2. The number of fused-ring (bicyclic) bond motifs is 1. The first-order valence-corrected chi connectivity index (χ1v) is 8.02. The number of nitrogens with zero attached hydrogens (tertiary/aromatic N) is 2.